The maximum atomic E-state index is 14.3. The van der Waals surface area contributed by atoms with Crippen LogP contribution in [0, 0.1) is 0 Å². The topological polar surface area (TPSA) is 175 Å². The molecule has 2 aromatic heterocycles. The zero-order valence-electron chi connectivity index (χ0n) is 42.5. The molecule has 0 radical (unpaired) electrons. The van der Waals surface area contributed by atoms with Gasteiger partial charge in [0.15, 0.2) is 0 Å². The number of rotatable bonds is 12. The van der Waals surface area contributed by atoms with Gasteiger partial charge in [0.2, 0.25) is 5.91 Å². The summed E-state index contributed by atoms with van der Waals surface area (Å²) in [5.41, 5.74) is 15.2. The fourth-order valence-corrected chi connectivity index (χ4v) is 12.2. The summed E-state index contributed by atoms with van der Waals surface area (Å²) in [5, 5.41) is 5.47. The third-order valence-electron chi connectivity index (χ3n) is 15.9. The zero-order chi connectivity index (χ0) is 50.5. The maximum Gasteiger partial charge on any atom is 0.407 e. The molecule has 2 fully saturated rings. The van der Waals surface area contributed by atoms with E-state index in [2.05, 4.69) is 96.8 Å². The van der Waals surface area contributed by atoms with E-state index in [0.29, 0.717) is 25.1 Å². The van der Waals surface area contributed by atoms with Crippen LogP contribution in [0.5, 0.6) is 0 Å². The number of aromatic amines is 2. The molecule has 6 aromatic rings. The Morgan fingerprint density at radius 2 is 1.12 bits per heavy atom. The number of carbonyl (C=O) groups is 4. The molecule has 2 aliphatic heterocycles. The Morgan fingerprint density at radius 3 is 1.61 bits per heavy atom. The highest BCUT2D eigenvalue weighted by Gasteiger charge is 2.44. The van der Waals surface area contributed by atoms with E-state index in [9.17, 15) is 19.2 Å². The Morgan fingerprint density at radius 1 is 0.653 bits per heavy atom. The summed E-state index contributed by atoms with van der Waals surface area (Å²) in [6, 6.07) is 24.9. The van der Waals surface area contributed by atoms with Gasteiger partial charge >= 0.3 is 12.2 Å². The van der Waals surface area contributed by atoms with Crippen molar-refractivity contribution in [3.8, 4) is 44.8 Å². The van der Waals surface area contributed by atoms with Crippen LogP contribution in [0.4, 0.5) is 9.59 Å². The first-order valence-electron chi connectivity index (χ1n) is 25.6. The fourth-order valence-electron chi connectivity index (χ4n) is 12.2. The number of nitrogens with one attached hydrogen (secondary N) is 4. The number of H-pyrrole nitrogens is 2. The minimum absolute atomic E-state index is 0.0672. The Kier molecular flexibility index (Phi) is 13.1. The molecule has 4 N–H and O–H groups in total. The quantitative estimate of drug-likeness (QED) is 0.0937. The average molecular weight is 971 g/mol. The smallest absolute Gasteiger partial charge is 0.407 e. The Labute approximate surface area is 421 Å². The molecule has 14 heteroatoms. The van der Waals surface area contributed by atoms with Crippen molar-refractivity contribution < 1.29 is 28.7 Å². The van der Waals surface area contributed by atoms with E-state index in [1.807, 2.05) is 59.4 Å². The summed E-state index contributed by atoms with van der Waals surface area (Å²) in [5.74, 6) is 1.14. The van der Waals surface area contributed by atoms with Crippen molar-refractivity contribution >= 4 is 24.0 Å². The highest BCUT2D eigenvalue weighted by atomic mass is 16.5. The fraction of sp³-hybridized carbons (Fsp3) is 0.414. The van der Waals surface area contributed by atoms with Crippen LogP contribution in [-0.2, 0) is 42.7 Å². The van der Waals surface area contributed by atoms with Gasteiger partial charge in [-0.3, -0.25) is 9.59 Å². The van der Waals surface area contributed by atoms with Crippen molar-refractivity contribution in [1.29, 1.82) is 0 Å². The molecule has 4 atom stereocenters. The van der Waals surface area contributed by atoms with Crippen LogP contribution < -0.4 is 10.6 Å². The predicted octanol–water partition coefficient (Wildman–Crippen LogP) is 10.8. The first-order valence-corrected chi connectivity index (χ1v) is 25.6. The number of alkyl carbamates (subject to hydrolysis) is 2. The summed E-state index contributed by atoms with van der Waals surface area (Å²) in [7, 11) is 2.60. The second-order valence-electron chi connectivity index (χ2n) is 21.2. The van der Waals surface area contributed by atoms with Crippen molar-refractivity contribution in [2.45, 2.75) is 127 Å². The SMILES string of the molecule is CCC(NC(=O)OC)C(=O)N1CCC[C@H]1c1ncc(-c2cccc(-c3c4c(c(-c5cccc(-c6cnc([C@@H]7CCCN7C(=O)C(NC(=O)OC)c7ccccc7)[nH]6)c5)c5c3C(C)(C)CC5)C(C)(C)CC4)c2)[nH]1. The number of ether oxygens (including phenoxy) is 2. The minimum atomic E-state index is -0.893. The standard InChI is InChI=1S/C58H66N8O6/c1-8-41(63-55(69)71-6)53(67)65-28-14-22-44(65)51-59-32-42(61-51)35-18-12-20-37(30-35)46-39-24-26-58(4,5)49(39)47(40-25-27-57(2,3)48(40)46)38-21-13-19-36(31-38)43-33-60-52(62-43)45-23-15-29-66(45)54(68)50(64-56(70)72-7)34-16-10-9-11-17-34/h9-13,16-21,30-33,41,44-45,50H,8,14-15,22-29H2,1-7H3,(H,59,61)(H,60,62)(H,63,69)(H,64,70)/t41?,44-,45-,50?/m0/s1. The molecule has 2 saturated heterocycles. The van der Waals surface area contributed by atoms with E-state index >= 15 is 0 Å². The second-order valence-corrected chi connectivity index (χ2v) is 21.2. The molecule has 0 saturated carbocycles. The highest BCUT2D eigenvalue weighted by Crippen LogP contribution is 2.57. The molecule has 4 aliphatic rings. The van der Waals surface area contributed by atoms with E-state index < -0.39 is 24.3 Å². The van der Waals surface area contributed by atoms with Crippen LogP contribution in [0.1, 0.15) is 137 Å². The number of benzene rings is 4. The normalized spacial score (nSPS) is 19.4. The molecule has 10 rings (SSSR count). The molecule has 0 spiro atoms. The molecule has 72 heavy (non-hydrogen) atoms. The van der Waals surface area contributed by atoms with E-state index in [-0.39, 0.29) is 34.7 Å². The van der Waals surface area contributed by atoms with Crippen molar-refractivity contribution in [2.24, 2.45) is 0 Å². The molecular formula is C58H66N8O6. The van der Waals surface area contributed by atoms with Gasteiger partial charge < -0.3 is 39.9 Å². The van der Waals surface area contributed by atoms with Gasteiger partial charge in [0.25, 0.3) is 5.91 Å². The lowest BCUT2D eigenvalue weighted by Gasteiger charge is -2.31. The van der Waals surface area contributed by atoms with Crippen molar-refractivity contribution in [3.63, 3.8) is 0 Å². The number of imidazole rings is 2. The summed E-state index contributed by atoms with van der Waals surface area (Å²) in [6.45, 7) is 12.6. The Hall–Kier alpha value is -7.22. The number of amides is 4. The number of nitrogens with zero attached hydrogens (tertiary/aromatic N) is 4. The number of likely N-dealkylation sites (tertiary alicyclic amines) is 2. The first-order chi connectivity index (χ1) is 34.7. The number of hydrogen-bond donors (Lipinski definition) is 4. The maximum absolute atomic E-state index is 14.3. The Balaban J connectivity index is 0.974. The van der Waals surface area contributed by atoms with E-state index in [1.54, 1.807) is 0 Å². The lowest BCUT2D eigenvalue weighted by atomic mass is 9.73. The number of hydrogen-bond acceptors (Lipinski definition) is 8. The lowest BCUT2D eigenvalue weighted by Crippen LogP contribution is -2.48. The van der Waals surface area contributed by atoms with Gasteiger partial charge in [-0.25, -0.2) is 19.6 Å². The van der Waals surface area contributed by atoms with Crippen molar-refractivity contribution in [1.82, 2.24) is 40.4 Å². The van der Waals surface area contributed by atoms with Crippen molar-refractivity contribution in [3.05, 3.63) is 131 Å². The summed E-state index contributed by atoms with van der Waals surface area (Å²) in [6.07, 6.45) is 10.2. The molecule has 0 bridgehead atoms. The molecular weight excluding hydrogens is 905 g/mol. The summed E-state index contributed by atoms with van der Waals surface area (Å²) in [4.78, 5) is 73.2. The van der Waals surface area contributed by atoms with Crippen LogP contribution in [0.15, 0.2) is 91.3 Å². The first kappa shape index (κ1) is 48.4. The lowest BCUT2D eigenvalue weighted by molar-refractivity contribution is -0.135. The van der Waals surface area contributed by atoms with Gasteiger partial charge in [0.1, 0.15) is 23.7 Å². The molecule has 4 aromatic carbocycles. The van der Waals surface area contributed by atoms with E-state index in [0.717, 1.165) is 85.5 Å². The Bertz CT molecular complexity index is 3050. The predicted molar refractivity (Wildman–Crippen MR) is 277 cm³/mol. The van der Waals surface area contributed by atoms with Crippen LogP contribution in [0.25, 0.3) is 44.8 Å². The third kappa shape index (κ3) is 8.82. The summed E-state index contributed by atoms with van der Waals surface area (Å²) < 4.78 is 9.71. The van der Waals surface area contributed by atoms with Gasteiger partial charge in [-0.1, -0.05) is 101 Å². The van der Waals surface area contributed by atoms with Gasteiger partial charge in [-0.05, 0) is 131 Å². The van der Waals surface area contributed by atoms with Gasteiger partial charge in [0, 0.05) is 24.2 Å². The number of fused-ring (bicyclic) bond motifs is 2. The average Bonchev–Trinajstić information content (AvgIpc) is 4.27. The monoisotopic (exact) mass is 971 g/mol. The molecule has 4 amide bonds. The highest BCUT2D eigenvalue weighted by molar-refractivity contribution is 5.90. The van der Waals surface area contributed by atoms with Crippen LogP contribution in [0.3, 0.4) is 0 Å². The van der Waals surface area contributed by atoms with Crippen LogP contribution in [-0.4, -0.2) is 87.1 Å². The van der Waals surface area contributed by atoms with E-state index in [4.69, 9.17) is 19.4 Å². The third-order valence-corrected chi connectivity index (χ3v) is 15.9. The van der Waals surface area contributed by atoms with Crippen LogP contribution in [0.2, 0.25) is 0 Å². The second kappa shape index (κ2) is 19.4. The molecule has 2 aliphatic carbocycles. The number of aromatic nitrogens is 4. The van der Waals surface area contributed by atoms with Crippen LogP contribution >= 0.6 is 0 Å². The van der Waals surface area contributed by atoms with E-state index in [1.165, 1.54) is 58.7 Å². The van der Waals surface area contributed by atoms with Gasteiger partial charge in [-0.15, -0.1) is 0 Å². The largest absolute Gasteiger partial charge is 0.453 e. The zero-order valence-corrected chi connectivity index (χ0v) is 42.5. The molecule has 4 heterocycles. The number of methoxy groups -OCH3 is 2. The minimum Gasteiger partial charge on any atom is -0.453 e. The number of carbonyl (C=O) groups excluding carboxylic acids is 4. The molecule has 374 valence electrons. The van der Waals surface area contributed by atoms with Gasteiger partial charge in [-0.2, -0.15) is 0 Å². The van der Waals surface area contributed by atoms with Gasteiger partial charge in [0.05, 0.1) is 50.1 Å². The summed E-state index contributed by atoms with van der Waals surface area (Å²) >= 11 is 0. The van der Waals surface area contributed by atoms with Crippen molar-refractivity contribution in [2.75, 3.05) is 27.3 Å². The molecule has 2 unspecified atom stereocenters. The molecule has 14 nitrogen and oxygen atoms in total.